The first kappa shape index (κ1) is 17.0. The van der Waals surface area contributed by atoms with Crippen molar-refractivity contribution in [2.24, 2.45) is 0 Å². The van der Waals surface area contributed by atoms with Crippen LogP contribution in [0.5, 0.6) is 0 Å². The fourth-order valence-electron chi connectivity index (χ4n) is 2.96. The van der Waals surface area contributed by atoms with Crippen LogP contribution in [0.4, 0.5) is 0 Å². The lowest BCUT2D eigenvalue weighted by atomic mass is 10.2. The molecular weight excluding hydrogens is 446 g/mol. The molecule has 0 aliphatic heterocycles. The summed E-state index contributed by atoms with van der Waals surface area (Å²) >= 11 is 6.88. The SMILES string of the molecule is CCCC(n1c2cc(Br)ccc2c2ccc(Br)cc21)S(=O)(=O)O. The van der Waals surface area contributed by atoms with Crippen LogP contribution in [0, 0.1) is 0 Å². The van der Waals surface area contributed by atoms with Gasteiger partial charge in [0.25, 0.3) is 10.1 Å². The molecule has 0 saturated heterocycles. The van der Waals surface area contributed by atoms with E-state index >= 15 is 0 Å². The molecule has 1 N–H and O–H groups in total. The normalized spacial score (nSPS) is 13.7. The van der Waals surface area contributed by atoms with E-state index in [-0.39, 0.29) is 0 Å². The van der Waals surface area contributed by atoms with Gasteiger partial charge in [0.2, 0.25) is 0 Å². The van der Waals surface area contributed by atoms with Crippen LogP contribution in [0.2, 0.25) is 0 Å². The zero-order valence-electron chi connectivity index (χ0n) is 12.3. The molecule has 1 atom stereocenters. The monoisotopic (exact) mass is 459 g/mol. The van der Waals surface area contributed by atoms with Gasteiger partial charge in [-0.05, 0) is 30.7 Å². The third-order valence-electron chi connectivity index (χ3n) is 3.90. The minimum atomic E-state index is -4.23. The predicted octanol–water partition coefficient (Wildman–Crippen LogP) is 5.51. The maximum atomic E-state index is 12.0. The number of benzene rings is 2. The van der Waals surface area contributed by atoms with E-state index in [9.17, 15) is 13.0 Å². The average Bonchev–Trinajstić information content (AvgIpc) is 2.76. The van der Waals surface area contributed by atoms with E-state index in [1.165, 1.54) is 0 Å². The molecular formula is C16H15Br2NO3S. The Morgan fingerprint density at radius 1 is 1.04 bits per heavy atom. The fraction of sp³-hybridized carbons (Fsp3) is 0.250. The summed E-state index contributed by atoms with van der Waals surface area (Å²) < 4.78 is 37.2. The van der Waals surface area contributed by atoms with Crippen molar-refractivity contribution in [3.05, 3.63) is 45.3 Å². The van der Waals surface area contributed by atoms with Crippen LogP contribution in [0.1, 0.15) is 25.1 Å². The summed E-state index contributed by atoms with van der Waals surface area (Å²) in [5, 5.41) is 0.914. The van der Waals surface area contributed by atoms with E-state index in [1.807, 2.05) is 43.3 Å². The molecule has 0 aliphatic carbocycles. The van der Waals surface area contributed by atoms with Gasteiger partial charge in [0, 0.05) is 19.7 Å². The van der Waals surface area contributed by atoms with E-state index in [4.69, 9.17) is 0 Å². The van der Waals surface area contributed by atoms with Crippen LogP contribution in [0.25, 0.3) is 21.8 Å². The Bertz CT molecular complexity index is 936. The Hall–Kier alpha value is -0.890. The van der Waals surface area contributed by atoms with Crippen molar-refractivity contribution in [1.29, 1.82) is 0 Å². The number of hydrogen-bond donors (Lipinski definition) is 1. The van der Waals surface area contributed by atoms with Crippen LogP contribution >= 0.6 is 31.9 Å². The summed E-state index contributed by atoms with van der Waals surface area (Å²) in [7, 11) is -4.23. The molecule has 0 radical (unpaired) electrons. The third kappa shape index (κ3) is 3.07. The Morgan fingerprint density at radius 2 is 1.52 bits per heavy atom. The molecule has 1 aromatic heterocycles. The molecule has 0 saturated carbocycles. The van der Waals surface area contributed by atoms with Gasteiger partial charge in [-0.25, -0.2) is 0 Å². The molecule has 3 aromatic rings. The van der Waals surface area contributed by atoms with Gasteiger partial charge in [-0.1, -0.05) is 57.3 Å². The highest BCUT2D eigenvalue weighted by atomic mass is 79.9. The summed E-state index contributed by atoms with van der Waals surface area (Å²) in [6.45, 7) is 1.90. The number of halogens is 2. The van der Waals surface area contributed by atoms with Crippen molar-refractivity contribution in [3.8, 4) is 0 Å². The lowest BCUT2D eigenvalue weighted by Gasteiger charge is -2.18. The third-order valence-corrected chi connectivity index (χ3v) is 6.02. The van der Waals surface area contributed by atoms with Crippen molar-refractivity contribution in [2.75, 3.05) is 0 Å². The highest BCUT2D eigenvalue weighted by Gasteiger charge is 2.27. The van der Waals surface area contributed by atoms with Crippen molar-refractivity contribution < 1.29 is 13.0 Å². The second-order valence-corrected chi connectivity index (χ2v) is 8.86. The molecule has 1 heterocycles. The van der Waals surface area contributed by atoms with Crippen LogP contribution in [-0.2, 0) is 10.1 Å². The zero-order chi connectivity index (χ0) is 16.8. The molecule has 23 heavy (non-hydrogen) atoms. The first-order valence-corrected chi connectivity index (χ1v) is 10.3. The van der Waals surface area contributed by atoms with E-state index in [0.717, 1.165) is 30.8 Å². The zero-order valence-corrected chi connectivity index (χ0v) is 16.3. The smallest absolute Gasteiger partial charge is 0.286 e. The van der Waals surface area contributed by atoms with E-state index < -0.39 is 15.5 Å². The van der Waals surface area contributed by atoms with Crippen LogP contribution < -0.4 is 0 Å². The summed E-state index contributed by atoms with van der Waals surface area (Å²) in [6, 6.07) is 11.5. The van der Waals surface area contributed by atoms with Gasteiger partial charge in [0.05, 0.1) is 11.0 Å². The molecule has 3 rings (SSSR count). The fourth-order valence-corrected chi connectivity index (χ4v) is 4.69. The van der Waals surface area contributed by atoms with Crippen molar-refractivity contribution >= 4 is 63.8 Å². The molecule has 0 amide bonds. The number of nitrogens with zero attached hydrogens (tertiary/aromatic N) is 1. The molecule has 0 bridgehead atoms. The lowest BCUT2D eigenvalue weighted by molar-refractivity contribution is 0.440. The highest BCUT2D eigenvalue weighted by molar-refractivity contribution is 9.10. The minimum absolute atomic E-state index is 0.344. The lowest BCUT2D eigenvalue weighted by Crippen LogP contribution is -2.19. The molecule has 0 aliphatic rings. The second-order valence-electron chi connectivity index (χ2n) is 5.45. The molecule has 7 heteroatoms. The van der Waals surface area contributed by atoms with E-state index in [0.29, 0.717) is 12.8 Å². The Morgan fingerprint density at radius 3 is 1.91 bits per heavy atom. The molecule has 2 aromatic carbocycles. The van der Waals surface area contributed by atoms with Crippen molar-refractivity contribution in [1.82, 2.24) is 4.57 Å². The first-order chi connectivity index (χ1) is 10.8. The average molecular weight is 461 g/mol. The first-order valence-electron chi connectivity index (χ1n) is 7.18. The van der Waals surface area contributed by atoms with Crippen molar-refractivity contribution in [3.63, 3.8) is 0 Å². The van der Waals surface area contributed by atoms with Gasteiger partial charge < -0.3 is 4.57 Å². The van der Waals surface area contributed by atoms with Gasteiger partial charge in [-0.2, -0.15) is 8.42 Å². The Balaban J connectivity index is 2.48. The van der Waals surface area contributed by atoms with E-state index in [2.05, 4.69) is 31.9 Å². The van der Waals surface area contributed by atoms with Gasteiger partial charge in [-0.3, -0.25) is 4.55 Å². The number of hydrogen-bond acceptors (Lipinski definition) is 2. The molecule has 0 spiro atoms. The highest BCUT2D eigenvalue weighted by Crippen LogP contribution is 2.37. The number of aromatic nitrogens is 1. The second kappa shape index (κ2) is 6.20. The van der Waals surface area contributed by atoms with Gasteiger partial charge in [0.15, 0.2) is 5.37 Å². The number of rotatable bonds is 4. The summed E-state index contributed by atoms with van der Waals surface area (Å²) in [6.07, 6.45) is 0.990. The minimum Gasteiger partial charge on any atom is -0.321 e. The summed E-state index contributed by atoms with van der Waals surface area (Å²) in [4.78, 5) is 0. The summed E-state index contributed by atoms with van der Waals surface area (Å²) in [5.74, 6) is 0. The van der Waals surface area contributed by atoms with Crippen LogP contribution in [0.3, 0.4) is 0 Å². The largest absolute Gasteiger partial charge is 0.321 e. The summed E-state index contributed by atoms with van der Waals surface area (Å²) in [5.41, 5.74) is 1.56. The van der Waals surface area contributed by atoms with Crippen LogP contribution in [0.15, 0.2) is 45.3 Å². The number of fused-ring (bicyclic) bond motifs is 3. The van der Waals surface area contributed by atoms with Gasteiger partial charge in [0.1, 0.15) is 0 Å². The quantitative estimate of drug-likeness (QED) is 0.522. The molecule has 1 unspecified atom stereocenters. The standard InChI is InChI=1S/C16H15Br2NO3S/c1-2-3-16(23(20,21)22)19-14-8-10(17)4-6-12(14)13-7-5-11(18)9-15(13)19/h4-9,16H,2-3H2,1H3,(H,20,21,22). The van der Waals surface area contributed by atoms with Crippen molar-refractivity contribution in [2.45, 2.75) is 25.1 Å². The maximum absolute atomic E-state index is 12.0. The Labute approximate surface area is 151 Å². The molecule has 122 valence electrons. The molecule has 4 nitrogen and oxygen atoms in total. The maximum Gasteiger partial charge on any atom is 0.286 e. The molecule has 0 fully saturated rings. The van der Waals surface area contributed by atoms with Gasteiger partial charge >= 0.3 is 0 Å². The predicted molar refractivity (Wildman–Crippen MR) is 100 cm³/mol. The Kier molecular flexibility index (Phi) is 4.57. The van der Waals surface area contributed by atoms with Crippen LogP contribution in [-0.4, -0.2) is 17.5 Å². The topological polar surface area (TPSA) is 59.3 Å². The van der Waals surface area contributed by atoms with Gasteiger partial charge in [-0.15, -0.1) is 0 Å². The van der Waals surface area contributed by atoms with E-state index in [1.54, 1.807) is 4.57 Å².